The number of halogens is 1. The predicted molar refractivity (Wildman–Crippen MR) is 144 cm³/mol. The molecule has 0 spiro atoms. The largest absolute Gasteiger partial charge is 0.472 e. The van der Waals surface area contributed by atoms with Crippen LogP contribution in [0.1, 0.15) is 31.2 Å². The third kappa shape index (κ3) is 4.14. The Balaban J connectivity index is 1.23. The van der Waals surface area contributed by atoms with E-state index in [1.807, 2.05) is 24.4 Å². The molecule has 0 radical (unpaired) electrons. The molecule has 0 amide bonds. The number of furan rings is 1. The van der Waals surface area contributed by atoms with Crippen LogP contribution in [0, 0.1) is 11.7 Å². The number of pyridine rings is 2. The smallest absolute Gasteiger partial charge is 0.159 e. The quantitative estimate of drug-likeness (QED) is 0.236. The molecule has 1 fully saturated rings. The molecule has 7 rings (SSSR count). The van der Waals surface area contributed by atoms with Gasteiger partial charge in [-0.05, 0) is 66.8 Å². The Morgan fingerprint density at radius 3 is 2.82 bits per heavy atom. The maximum atomic E-state index is 15.2. The summed E-state index contributed by atoms with van der Waals surface area (Å²) >= 11 is 0. The van der Waals surface area contributed by atoms with Crippen LogP contribution >= 0.6 is 0 Å². The van der Waals surface area contributed by atoms with Gasteiger partial charge in [0.05, 0.1) is 18.0 Å². The topological polar surface area (TPSA) is 108 Å². The number of aromatic amines is 2. The molecule has 0 unspecified atom stereocenters. The van der Waals surface area contributed by atoms with E-state index >= 15 is 4.39 Å². The third-order valence-electron chi connectivity index (χ3n) is 7.41. The monoisotopic (exact) mass is 507 g/mol. The lowest BCUT2D eigenvalue weighted by Gasteiger charge is -2.11. The number of imidazole rings is 1. The van der Waals surface area contributed by atoms with Crippen LogP contribution in [0.3, 0.4) is 0 Å². The van der Waals surface area contributed by atoms with Crippen molar-refractivity contribution < 1.29 is 8.81 Å². The van der Waals surface area contributed by atoms with Crippen molar-refractivity contribution in [2.75, 3.05) is 6.54 Å². The molecule has 1 aliphatic carbocycles. The summed E-state index contributed by atoms with van der Waals surface area (Å²) in [5, 5.41) is 11.5. The first kappa shape index (κ1) is 22.8. The lowest BCUT2D eigenvalue weighted by molar-refractivity contribution is 0.489. The van der Waals surface area contributed by atoms with Crippen LogP contribution in [0.2, 0.25) is 0 Å². The van der Waals surface area contributed by atoms with Gasteiger partial charge in [0.1, 0.15) is 28.2 Å². The number of nitrogens with zero attached hydrogens (tertiary/aromatic N) is 4. The summed E-state index contributed by atoms with van der Waals surface area (Å²) in [5.41, 5.74) is 6.57. The zero-order valence-electron chi connectivity index (χ0n) is 20.7. The summed E-state index contributed by atoms with van der Waals surface area (Å²) in [7, 11) is 0. The molecule has 1 aliphatic rings. The van der Waals surface area contributed by atoms with E-state index in [1.54, 1.807) is 24.9 Å². The van der Waals surface area contributed by atoms with Crippen molar-refractivity contribution in [1.29, 1.82) is 0 Å². The van der Waals surface area contributed by atoms with E-state index in [2.05, 4.69) is 36.5 Å². The molecule has 8 nitrogen and oxygen atoms in total. The molecule has 3 N–H and O–H groups in total. The normalized spacial score (nSPS) is 14.2. The maximum absolute atomic E-state index is 15.2. The lowest BCUT2D eigenvalue weighted by Crippen LogP contribution is -2.20. The highest BCUT2D eigenvalue weighted by Crippen LogP contribution is 2.34. The molecular weight excluding hydrogens is 481 g/mol. The Morgan fingerprint density at radius 2 is 1.95 bits per heavy atom. The van der Waals surface area contributed by atoms with Gasteiger partial charge >= 0.3 is 0 Å². The first-order chi connectivity index (χ1) is 18.7. The standard InChI is InChI=1S/C29H26FN7O/c30-23-11-20(21-9-18(14-32-15-21)13-31-12-17-3-1-2-4-17)10-22-26(23)36-37-27(22)29-34-24-5-7-33-25(28(24)35-29)19-6-8-38-16-19/h5-11,14-17,31H,1-4,12-13H2,(H,34,35)(H,36,37). The van der Waals surface area contributed by atoms with E-state index in [0.29, 0.717) is 33.6 Å². The van der Waals surface area contributed by atoms with Gasteiger partial charge in [-0.2, -0.15) is 5.10 Å². The van der Waals surface area contributed by atoms with Crippen LogP contribution in [0.15, 0.2) is 65.9 Å². The summed E-state index contributed by atoms with van der Waals surface area (Å²) < 4.78 is 20.5. The van der Waals surface area contributed by atoms with Gasteiger partial charge in [0, 0.05) is 41.6 Å². The van der Waals surface area contributed by atoms with Crippen LogP contribution in [-0.4, -0.2) is 36.7 Å². The van der Waals surface area contributed by atoms with E-state index < -0.39 is 0 Å². The number of fused-ring (bicyclic) bond motifs is 2. The number of hydrogen-bond acceptors (Lipinski definition) is 6. The SMILES string of the molecule is Fc1cc(-c2cncc(CNCC3CCCC3)c2)cc2c(-c3nc4c(-c5ccoc5)nccc4[nH]3)n[nH]c12. The van der Waals surface area contributed by atoms with Gasteiger partial charge in [0.2, 0.25) is 0 Å². The second kappa shape index (κ2) is 9.50. The highest BCUT2D eigenvalue weighted by Gasteiger charge is 2.19. The van der Waals surface area contributed by atoms with Crippen molar-refractivity contribution in [3.8, 4) is 33.9 Å². The number of benzene rings is 1. The third-order valence-corrected chi connectivity index (χ3v) is 7.41. The Hall–Kier alpha value is -4.37. The van der Waals surface area contributed by atoms with Crippen LogP contribution in [-0.2, 0) is 6.54 Å². The van der Waals surface area contributed by atoms with Crippen molar-refractivity contribution in [2.45, 2.75) is 32.2 Å². The molecule has 190 valence electrons. The summed E-state index contributed by atoms with van der Waals surface area (Å²) in [6.45, 7) is 1.77. The Kier molecular flexibility index (Phi) is 5.70. The highest BCUT2D eigenvalue weighted by atomic mass is 19.1. The van der Waals surface area contributed by atoms with Crippen LogP contribution in [0.4, 0.5) is 4.39 Å². The molecular formula is C29H26FN7O. The average molecular weight is 508 g/mol. The maximum Gasteiger partial charge on any atom is 0.159 e. The molecule has 6 aromatic rings. The summed E-state index contributed by atoms with van der Waals surface area (Å²) in [6.07, 6.45) is 13.9. The van der Waals surface area contributed by atoms with Gasteiger partial charge in [0.15, 0.2) is 5.82 Å². The number of nitrogens with one attached hydrogen (secondary N) is 3. The predicted octanol–water partition coefficient (Wildman–Crippen LogP) is 6.24. The molecule has 0 bridgehead atoms. The average Bonchev–Trinajstić information content (AvgIpc) is 3.75. The molecule has 5 heterocycles. The van der Waals surface area contributed by atoms with Crippen molar-refractivity contribution in [2.24, 2.45) is 5.92 Å². The summed E-state index contributed by atoms with van der Waals surface area (Å²) in [6, 6.07) is 9.23. The van der Waals surface area contributed by atoms with E-state index in [1.165, 1.54) is 31.7 Å². The first-order valence-corrected chi connectivity index (χ1v) is 12.9. The van der Waals surface area contributed by atoms with Gasteiger partial charge in [-0.1, -0.05) is 12.8 Å². The highest BCUT2D eigenvalue weighted by molar-refractivity contribution is 5.97. The molecule has 0 saturated heterocycles. The van der Waals surface area contributed by atoms with Crippen LogP contribution in [0.5, 0.6) is 0 Å². The molecule has 0 atom stereocenters. The van der Waals surface area contributed by atoms with Gasteiger partial charge in [-0.25, -0.2) is 9.37 Å². The van der Waals surface area contributed by atoms with Crippen molar-refractivity contribution in [1.82, 2.24) is 35.5 Å². The number of hydrogen-bond donors (Lipinski definition) is 3. The molecule has 38 heavy (non-hydrogen) atoms. The van der Waals surface area contributed by atoms with Gasteiger partial charge in [-0.3, -0.25) is 15.1 Å². The fourth-order valence-electron chi connectivity index (χ4n) is 5.46. The number of rotatable bonds is 7. The van der Waals surface area contributed by atoms with E-state index in [-0.39, 0.29) is 5.82 Å². The van der Waals surface area contributed by atoms with Crippen LogP contribution < -0.4 is 5.32 Å². The summed E-state index contributed by atoms with van der Waals surface area (Å²) in [5.74, 6) is 0.924. The minimum Gasteiger partial charge on any atom is -0.472 e. The molecule has 5 aromatic heterocycles. The second-order valence-corrected chi connectivity index (χ2v) is 9.97. The second-order valence-electron chi connectivity index (χ2n) is 9.97. The number of H-pyrrole nitrogens is 2. The van der Waals surface area contributed by atoms with Crippen molar-refractivity contribution >= 4 is 21.9 Å². The zero-order valence-corrected chi connectivity index (χ0v) is 20.7. The molecule has 1 saturated carbocycles. The molecule has 1 aromatic carbocycles. The van der Waals surface area contributed by atoms with Gasteiger partial charge < -0.3 is 14.7 Å². The van der Waals surface area contributed by atoms with Crippen molar-refractivity contribution in [3.05, 3.63) is 72.8 Å². The van der Waals surface area contributed by atoms with E-state index in [0.717, 1.165) is 46.8 Å². The molecule has 0 aliphatic heterocycles. The zero-order chi connectivity index (χ0) is 25.5. The first-order valence-electron chi connectivity index (χ1n) is 12.9. The number of aromatic nitrogens is 6. The fourth-order valence-corrected chi connectivity index (χ4v) is 5.46. The van der Waals surface area contributed by atoms with E-state index in [4.69, 9.17) is 9.40 Å². The van der Waals surface area contributed by atoms with Crippen LogP contribution in [0.25, 0.3) is 55.8 Å². The van der Waals surface area contributed by atoms with Crippen molar-refractivity contribution in [3.63, 3.8) is 0 Å². The minimum atomic E-state index is -0.377. The Bertz CT molecular complexity index is 1730. The fraction of sp³-hybridized carbons (Fsp3) is 0.241. The van der Waals surface area contributed by atoms with E-state index in [9.17, 15) is 0 Å². The lowest BCUT2D eigenvalue weighted by atomic mass is 10.0. The minimum absolute atomic E-state index is 0.333. The summed E-state index contributed by atoms with van der Waals surface area (Å²) in [4.78, 5) is 17.0. The Morgan fingerprint density at radius 1 is 1.03 bits per heavy atom. The molecule has 9 heteroatoms. The van der Waals surface area contributed by atoms with Gasteiger partial charge in [0.25, 0.3) is 0 Å². The Labute approximate surface area is 217 Å². The van der Waals surface area contributed by atoms with Gasteiger partial charge in [-0.15, -0.1) is 0 Å².